The molecule has 0 unspecified atom stereocenters. The fourth-order valence-electron chi connectivity index (χ4n) is 2.54. The van der Waals surface area contributed by atoms with Gasteiger partial charge in [0.2, 0.25) is 0 Å². The highest BCUT2D eigenvalue weighted by atomic mass is 35.5. The van der Waals surface area contributed by atoms with Gasteiger partial charge in [-0.05, 0) is 44.6 Å². The molecule has 2 rings (SSSR count). The Labute approximate surface area is 130 Å². The van der Waals surface area contributed by atoms with Crippen molar-refractivity contribution in [2.45, 2.75) is 32.2 Å². The van der Waals surface area contributed by atoms with Gasteiger partial charge in [0.05, 0.1) is 10.6 Å². The van der Waals surface area contributed by atoms with Crippen LogP contribution in [-0.2, 0) is 0 Å². The molecule has 0 aromatic heterocycles. The third-order valence-corrected chi connectivity index (χ3v) is 5.14. The van der Waals surface area contributed by atoms with Gasteiger partial charge in [0.1, 0.15) is 0 Å². The van der Waals surface area contributed by atoms with E-state index in [4.69, 9.17) is 11.6 Å². The van der Waals surface area contributed by atoms with Gasteiger partial charge in [-0.25, -0.2) is 0 Å². The number of hydrogen-bond donors (Lipinski definition) is 1. The van der Waals surface area contributed by atoms with Gasteiger partial charge in [-0.2, -0.15) is 0 Å². The first-order valence-electron chi connectivity index (χ1n) is 6.82. The third-order valence-electron chi connectivity index (χ3n) is 3.95. The van der Waals surface area contributed by atoms with E-state index in [1.165, 1.54) is 0 Å². The molecule has 1 aliphatic heterocycles. The van der Waals surface area contributed by atoms with Gasteiger partial charge in [-0.3, -0.25) is 9.10 Å². The van der Waals surface area contributed by atoms with Crippen LogP contribution in [0.1, 0.15) is 35.7 Å². The second-order valence-electron chi connectivity index (χ2n) is 5.56. The summed E-state index contributed by atoms with van der Waals surface area (Å²) >= 11 is 7.93. The van der Waals surface area contributed by atoms with E-state index in [1.54, 1.807) is 18.0 Å². The Morgan fingerprint density at radius 2 is 2.05 bits per heavy atom. The lowest BCUT2D eigenvalue weighted by molar-refractivity contribution is 0.0873. The molecule has 1 aromatic carbocycles. The summed E-state index contributed by atoms with van der Waals surface area (Å²) in [6.07, 6.45) is 4.01. The maximum Gasteiger partial charge on any atom is 0.253 e. The fourth-order valence-corrected chi connectivity index (χ4v) is 3.40. The molecule has 1 saturated heterocycles. The molecule has 0 atom stereocenters. The summed E-state index contributed by atoms with van der Waals surface area (Å²) in [6, 6.07) is 5.55. The van der Waals surface area contributed by atoms with Crippen molar-refractivity contribution in [2.24, 2.45) is 0 Å². The molecule has 1 N–H and O–H groups in total. The maximum atomic E-state index is 12.5. The van der Waals surface area contributed by atoms with Crippen molar-refractivity contribution >= 4 is 29.5 Å². The number of aryl methyl sites for hydroxylation is 1. The van der Waals surface area contributed by atoms with Crippen LogP contribution >= 0.6 is 23.5 Å². The summed E-state index contributed by atoms with van der Waals surface area (Å²) in [5, 5.41) is 3.70. The van der Waals surface area contributed by atoms with Gasteiger partial charge in [-0.15, -0.1) is 0 Å². The topological polar surface area (TPSA) is 32.3 Å². The minimum atomic E-state index is -0.144. The van der Waals surface area contributed by atoms with Crippen LogP contribution in [0.3, 0.4) is 0 Å². The summed E-state index contributed by atoms with van der Waals surface area (Å²) in [5.41, 5.74) is 1.37. The average Bonchev–Trinajstić information content (AvgIpc) is 2.39. The van der Waals surface area contributed by atoms with E-state index in [2.05, 4.69) is 22.8 Å². The molecule has 1 aromatic rings. The first-order valence-corrected chi connectivity index (χ1v) is 8.38. The Morgan fingerprint density at radius 3 is 2.60 bits per heavy atom. The van der Waals surface area contributed by atoms with Crippen molar-refractivity contribution in [3.05, 3.63) is 34.3 Å². The van der Waals surface area contributed by atoms with Crippen molar-refractivity contribution in [3.8, 4) is 0 Å². The molecule has 5 heteroatoms. The molecule has 0 spiro atoms. The second kappa shape index (κ2) is 6.37. The van der Waals surface area contributed by atoms with Gasteiger partial charge in [0.25, 0.3) is 5.91 Å². The number of nitrogens with one attached hydrogen (secondary N) is 1. The van der Waals surface area contributed by atoms with E-state index >= 15 is 0 Å². The van der Waals surface area contributed by atoms with E-state index in [0.29, 0.717) is 10.6 Å². The fraction of sp³-hybridized carbons (Fsp3) is 0.533. The zero-order valence-electron chi connectivity index (χ0n) is 12.2. The number of nitrogens with zero attached hydrogens (tertiary/aromatic N) is 1. The van der Waals surface area contributed by atoms with E-state index in [-0.39, 0.29) is 11.4 Å². The summed E-state index contributed by atoms with van der Waals surface area (Å²) in [6.45, 7) is 6.03. The molecule has 1 amide bonds. The second-order valence-corrected chi connectivity index (χ2v) is 6.85. The monoisotopic (exact) mass is 312 g/mol. The Kier molecular flexibility index (Phi) is 4.99. The molecule has 110 valence electrons. The van der Waals surface area contributed by atoms with Crippen molar-refractivity contribution in [1.29, 1.82) is 0 Å². The molecular formula is C15H21ClN2OS. The van der Waals surface area contributed by atoms with Crippen LogP contribution in [0.5, 0.6) is 0 Å². The molecule has 0 radical (unpaired) electrons. The minimum Gasteiger partial charge on any atom is -0.347 e. The molecule has 3 nitrogen and oxygen atoms in total. The van der Waals surface area contributed by atoms with Crippen molar-refractivity contribution < 1.29 is 4.79 Å². The van der Waals surface area contributed by atoms with Crippen LogP contribution in [0.2, 0.25) is 5.02 Å². The van der Waals surface area contributed by atoms with Crippen LogP contribution in [0.4, 0.5) is 0 Å². The van der Waals surface area contributed by atoms with E-state index in [0.717, 1.165) is 31.5 Å². The Morgan fingerprint density at radius 1 is 1.40 bits per heavy atom. The molecule has 0 aliphatic carbocycles. The highest BCUT2D eigenvalue weighted by Crippen LogP contribution is 2.26. The summed E-state index contributed by atoms with van der Waals surface area (Å²) < 4.78 is 2.33. The van der Waals surface area contributed by atoms with Crippen molar-refractivity contribution in [1.82, 2.24) is 9.62 Å². The lowest BCUT2D eigenvalue weighted by Crippen LogP contribution is -2.52. The maximum absolute atomic E-state index is 12.5. The number of benzene rings is 1. The lowest BCUT2D eigenvalue weighted by Gasteiger charge is -2.39. The third kappa shape index (κ3) is 3.48. The van der Waals surface area contributed by atoms with Gasteiger partial charge in [0, 0.05) is 18.6 Å². The first kappa shape index (κ1) is 15.7. The SMILES string of the molecule is CSN1CCC(C)(NC(=O)c2c(C)cccc2Cl)CC1. The van der Waals surface area contributed by atoms with Crippen LogP contribution in [0.15, 0.2) is 18.2 Å². The number of amides is 1. The average molecular weight is 313 g/mol. The van der Waals surface area contributed by atoms with Crippen LogP contribution < -0.4 is 5.32 Å². The molecule has 20 heavy (non-hydrogen) atoms. The van der Waals surface area contributed by atoms with E-state index < -0.39 is 0 Å². The summed E-state index contributed by atoms with van der Waals surface area (Å²) in [5.74, 6) is -0.0619. The van der Waals surface area contributed by atoms with Crippen LogP contribution in [0.25, 0.3) is 0 Å². The first-order chi connectivity index (χ1) is 9.45. The highest BCUT2D eigenvalue weighted by molar-refractivity contribution is 7.96. The number of hydrogen-bond acceptors (Lipinski definition) is 3. The molecule has 1 aliphatic rings. The predicted molar refractivity (Wildman–Crippen MR) is 86.4 cm³/mol. The molecular weight excluding hydrogens is 292 g/mol. The quantitative estimate of drug-likeness (QED) is 0.867. The van der Waals surface area contributed by atoms with E-state index in [1.807, 2.05) is 19.1 Å². The van der Waals surface area contributed by atoms with Crippen LogP contribution in [-0.4, -0.2) is 35.1 Å². The Hall–Kier alpha value is -0.710. The van der Waals surface area contributed by atoms with Gasteiger partial charge in [0.15, 0.2) is 0 Å². The van der Waals surface area contributed by atoms with Crippen molar-refractivity contribution in [3.63, 3.8) is 0 Å². The van der Waals surface area contributed by atoms with Crippen molar-refractivity contribution in [2.75, 3.05) is 19.3 Å². The zero-order chi connectivity index (χ0) is 14.8. The minimum absolute atomic E-state index is 0.0619. The molecule has 0 saturated carbocycles. The Bertz CT molecular complexity index is 478. The largest absolute Gasteiger partial charge is 0.347 e. The zero-order valence-corrected chi connectivity index (χ0v) is 13.8. The lowest BCUT2D eigenvalue weighted by atomic mass is 9.90. The normalized spacial score (nSPS) is 18.8. The molecule has 0 bridgehead atoms. The molecule has 1 heterocycles. The standard InChI is InChI=1S/C15H21ClN2OS/c1-11-5-4-6-12(16)13(11)14(19)17-15(2)7-9-18(20-3)10-8-15/h4-6H,7-10H2,1-3H3,(H,17,19). The number of piperidine rings is 1. The number of carbonyl (C=O) groups is 1. The number of carbonyl (C=O) groups excluding carboxylic acids is 1. The van der Waals surface area contributed by atoms with Crippen LogP contribution in [0, 0.1) is 6.92 Å². The smallest absolute Gasteiger partial charge is 0.253 e. The van der Waals surface area contributed by atoms with Gasteiger partial charge < -0.3 is 5.32 Å². The summed E-state index contributed by atoms with van der Waals surface area (Å²) in [4.78, 5) is 12.5. The number of halogens is 1. The molecule has 1 fully saturated rings. The number of rotatable bonds is 3. The Balaban J connectivity index is 2.08. The van der Waals surface area contributed by atoms with Gasteiger partial charge in [-0.1, -0.05) is 35.7 Å². The summed E-state index contributed by atoms with van der Waals surface area (Å²) in [7, 11) is 0. The predicted octanol–water partition coefficient (Wildman–Crippen LogP) is 3.51. The highest BCUT2D eigenvalue weighted by Gasteiger charge is 2.32. The van der Waals surface area contributed by atoms with Gasteiger partial charge >= 0.3 is 0 Å². The van der Waals surface area contributed by atoms with E-state index in [9.17, 15) is 4.79 Å².